The highest BCUT2D eigenvalue weighted by Crippen LogP contribution is 2.41. The first-order valence-corrected chi connectivity index (χ1v) is 24.2. The van der Waals surface area contributed by atoms with E-state index >= 15 is 0 Å². The Morgan fingerprint density at radius 1 is 0.596 bits per heavy atom. The van der Waals surface area contributed by atoms with Gasteiger partial charge in [-0.15, -0.1) is 0 Å². The van der Waals surface area contributed by atoms with Crippen molar-refractivity contribution in [3.63, 3.8) is 0 Å². The first-order valence-electron chi connectivity index (χ1n) is 16.4. The van der Waals surface area contributed by atoms with Gasteiger partial charge in [0, 0.05) is 17.3 Å². The first-order chi connectivity index (χ1) is 22.5. The Kier molecular flexibility index (Phi) is 24.0. The number of ether oxygens (including phenoxy) is 3. The molecule has 0 aliphatic heterocycles. The van der Waals surface area contributed by atoms with Gasteiger partial charge in [-0.1, -0.05) is 138 Å². The zero-order valence-corrected chi connectivity index (χ0v) is 38.9. The Morgan fingerprint density at radius 3 is 1.36 bits per heavy atom. The van der Waals surface area contributed by atoms with E-state index in [2.05, 4.69) is 118 Å². The van der Waals surface area contributed by atoms with Crippen molar-refractivity contribution in [1.29, 1.82) is 0 Å². The molecule has 0 amide bonds. The molecular weight excluding hydrogens is 1080 g/mol. The molecule has 2 aromatic carbocycles. The highest BCUT2D eigenvalue weighted by Gasteiger charge is 2.24. The van der Waals surface area contributed by atoms with Crippen molar-refractivity contribution < 1.29 is 22.6 Å². The highest BCUT2D eigenvalue weighted by atomic mass is 79.9. The van der Waals surface area contributed by atoms with Crippen molar-refractivity contribution in [1.82, 2.24) is 0 Å². The molecule has 5 nitrogen and oxygen atoms in total. The second-order valence-corrected chi connectivity index (χ2v) is 19.5. The predicted molar refractivity (Wildman–Crippen MR) is 220 cm³/mol. The fraction of sp³-hybridized carbons (Fsp3) is 0.647. The van der Waals surface area contributed by atoms with Crippen LogP contribution in [0.1, 0.15) is 96.8 Å². The van der Waals surface area contributed by atoms with Crippen LogP contribution in [0.4, 0.5) is 0 Å². The van der Waals surface area contributed by atoms with Crippen LogP contribution < -0.4 is 9.47 Å². The normalized spacial score (nSPS) is 13.1. The van der Waals surface area contributed by atoms with Gasteiger partial charge in [0.1, 0.15) is 30.8 Å². The summed E-state index contributed by atoms with van der Waals surface area (Å²) in [6, 6.07) is 6.22. The van der Waals surface area contributed by atoms with Crippen molar-refractivity contribution in [2.24, 2.45) is 0 Å². The number of sulfone groups is 1. The van der Waals surface area contributed by atoms with Crippen LogP contribution in [0.3, 0.4) is 0 Å². The third kappa shape index (κ3) is 16.7. The zero-order valence-electron chi connectivity index (χ0n) is 27.0. The van der Waals surface area contributed by atoms with E-state index in [1.165, 1.54) is 83.5 Å². The Morgan fingerprint density at radius 2 is 0.979 bits per heavy atom. The van der Waals surface area contributed by atoms with Gasteiger partial charge in [-0.2, -0.15) is 0 Å². The topological polar surface area (TPSA) is 61.8 Å². The van der Waals surface area contributed by atoms with E-state index in [1.54, 1.807) is 24.3 Å². The minimum absolute atomic E-state index is 0.116. The Labute approximate surface area is 342 Å². The maximum Gasteiger partial charge on any atom is 0.206 e. The Hall–Kier alpha value is 1.31. The first kappa shape index (κ1) is 44.5. The maximum atomic E-state index is 13.6. The second-order valence-electron chi connectivity index (χ2n) is 11.6. The van der Waals surface area contributed by atoms with E-state index < -0.39 is 9.84 Å². The fourth-order valence-corrected chi connectivity index (χ4v) is 10.4. The summed E-state index contributed by atoms with van der Waals surface area (Å²) < 4.78 is 47.4. The lowest BCUT2D eigenvalue weighted by Gasteiger charge is -2.18. The average molecular weight is 1130 g/mol. The summed E-state index contributed by atoms with van der Waals surface area (Å²) in [4.78, 5) is 0.371. The summed E-state index contributed by atoms with van der Waals surface area (Å²) in [6.07, 6.45) is 18.5. The molecular formula is C34H47Br7O5S. The number of hydrogen-bond donors (Lipinski definition) is 0. The molecule has 0 N–H and O–H groups in total. The Balaban J connectivity index is 1.79. The molecule has 0 saturated carbocycles. The second kappa shape index (κ2) is 25.3. The number of benzene rings is 2. The molecule has 2 atom stereocenters. The fourth-order valence-electron chi connectivity index (χ4n) is 4.87. The van der Waals surface area contributed by atoms with Crippen LogP contribution in [0, 0.1) is 0 Å². The summed E-state index contributed by atoms with van der Waals surface area (Å²) in [5.41, 5.74) is 0. The van der Waals surface area contributed by atoms with E-state index in [0.29, 0.717) is 54.5 Å². The van der Waals surface area contributed by atoms with Gasteiger partial charge in [0.2, 0.25) is 9.84 Å². The van der Waals surface area contributed by atoms with Gasteiger partial charge in [0.05, 0.1) is 32.5 Å². The van der Waals surface area contributed by atoms with E-state index in [1.807, 2.05) is 0 Å². The van der Waals surface area contributed by atoms with Crippen LogP contribution in [0.5, 0.6) is 11.5 Å². The molecule has 2 rings (SSSR count). The SMILES string of the molecule is CCCCCCCCCCCCCCCCOC(CBr)COc1c(Br)cc(S(=O)(=O)c2cc(Br)c(OCC(Br)CBr)c(Br)c2)cc1Br. The van der Waals surface area contributed by atoms with Gasteiger partial charge in [-0.05, 0) is 94.4 Å². The van der Waals surface area contributed by atoms with Crippen LogP contribution in [-0.2, 0) is 14.6 Å². The van der Waals surface area contributed by atoms with E-state index in [0.717, 1.165) is 11.8 Å². The van der Waals surface area contributed by atoms with E-state index in [9.17, 15) is 8.42 Å². The average Bonchev–Trinajstić information content (AvgIpc) is 3.04. The monoisotopic (exact) mass is 1120 g/mol. The van der Waals surface area contributed by atoms with E-state index in [-0.39, 0.29) is 20.7 Å². The predicted octanol–water partition coefficient (Wildman–Crippen LogP) is 13.7. The molecule has 13 heteroatoms. The van der Waals surface area contributed by atoms with Crippen LogP contribution in [0.15, 0.2) is 51.9 Å². The van der Waals surface area contributed by atoms with Gasteiger partial charge in [0.15, 0.2) is 0 Å². The molecule has 47 heavy (non-hydrogen) atoms. The number of unbranched alkanes of at least 4 members (excludes halogenated alkanes) is 13. The molecule has 0 radical (unpaired) electrons. The summed E-state index contributed by atoms with van der Waals surface area (Å²) in [5.74, 6) is 1.06. The molecule has 0 saturated heterocycles. The third-order valence-electron chi connectivity index (χ3n) is 7.58. The molecule has 0 fully saturated rings. The molecule has 0 aliphatic rings. The quantitative estimate of drug-likeness (QED) is 0.0694. The molecule has 268 valence electrons. The standard InChI is InChI=1S/C34H47Br7O5S/c1-2-3-4-5-6-7-8-9-10-11-12-13-14-15-16-44-26(22-36)24-46-34-31(40)19-28(20-32(34)41)47(42,43)27-17-29(38)33(30(39)18-27)45-23-25(37)21-35/h17-20,25-26H,2-16,21-24H2,1H3. The maximum absolute atomic E-state index is 13.6. The summed E-state index contributed by atoms with van der Waals surface area (Å²) in [7, 11) is -3.85. The van der Waals surface area contributed by atoms with Gasteiger partial charge in [-0.3, -0.25) is 0 Å². The lowest BCUT2D eigenvalue weighted by molar-refractivity contribution is 0.0335. The molecule has 0 aliphatic carbocycles. The number of rotatable bonds is 26. The van der Waals surface area contributed by atoms with Crippen molar-refractivity contribution in [3.05, 3.63) is 42.2 Å². The van der Waals surface area contributed by atoms with Crippen LogP contribution >= 0.6 is 112 Å². The number of alkyl halides is 3. The minimum atomic E-state index is -3.85. The van der Waals surface area contributed by atoms with Gasteiger partial charge in [0.25, 0.3) is 0 Å². The van der Waals surface area contributed by atoms with Crippen LogP contribution in [-0.4, -0.2) is 49.8 Å². The molecule has 0 bridgehead atoms. The van der Waals surface area contributed by atoms with Gasteiger partial charge in [-0.25, -0.2) is 8.42 Å². The summed E-state index contributed by atoms with van der Waals surface area (Å²) >= 11 is 24.4. The molecule has 0 spiro atoms. The van der Waals surface area contributed by atoms with Crippen molar-refractivity contribution in [2.75, 3.05) is 30.5 Å². The number of halogens is 7. The zero-order chi connectivity index (χ0) is 34.7. The van der Waals surface area contributed by atoms with Crippen molar-refractivity contribution >= 4 is 121 Å². The minimum Gasteiger partial charge on any atom is -0.490 e. The lowest BCUT2D eigenvalue weighted by Crippen LogP contribution is -2.24. The molecule has 2 aromatic rings. The molecule has 2 unspecified atom stereocenters. The highest BCUT2D eigenvalue weighted by molar-refractivity contribution is 9.12. The van der Waals surface area contributed by atoms with Gasteiger partial charge < -0.3 is 14.2 Å². The Bertz CT molecular complexity index is 1250. The smallest absolute Gasteiger partial charge is 0.206 e. The third-order valence-corrected chi connectivity index (χ3v) is 14.6. The summed E-state index contributed by atoms with van der Waals surface area (Å²) in [6.45, 7) is 3.71. The van der Waals surface area contributed by atoms with Crippen molar-refractivity contribution in [3.8, 4) is 11.5 Å². The van der Waals surface area contributed by atoms with Crippen molar-refractivity contribution in [2.45, 2.75) is 118 Å². The lowest BCUT2D eigenvalue weighted by atomic mass is 10.0. The number of hydrogen-bond acceptors (Lipinski definition) is 5. The van der Waals surface area contributed by atoms with Crippen LogP contribution in [0.25, 0.3) is 0 Å². The molecule has 0 heterocycles. The van der Waals surface area contributed by atoms with Crippen LogP contribution in [0.2, 0.25) is 0 Å². The summed E-state index contributed by atoms with van der Waals surface area (Å²) in [5, 5.41) is 1.37. The molecule has 0 aromatic heterocycles. The largest absolute Gasteiger partial charge is 0.490 e. The van der Waals surface area contributed by atoms with E-state index in [4.69, 9.17) is 14.2 Å². The van der Waals surface area contributed by atoms with Gasteiger partial charge >= 0.3 is 0 Å².